The first-order valence-corrected chi connectivity index (χ1v) is 11.2. The Hall–Kier alpha value is -2.57. The van der Waals surface area contributed by atoms with Crippen LogP contribution in [0.15, 0.2) is 35.3 Å². The van der Waals surface area contributed by atoms with Gasteiger partial charge in [-0.2, -0.15) is 0 Å². The third-order valence-electron chi connectivity index (χ3n) is 6.52. The molecule has 1 saturated carbocycles. The quantitative estimate of drug-likeness (QED) is 0.357. The molecule has 0 atom stereocenters. The third-order valence-corrected chi connectivity index (χ3v) is 6.52. The molecule has 1 aromatic carbocycles. The van der Waals surface area contributed by atoms with Crippen molar-refractivity contribution in [3.8, 4) is 0 Å². The number of para-hydroxylation sites is 1. The van der Waals surface area contributed by atoms with Gasteiger partial charge in [-0.3, -0.25) is 0 Å². The summed E-state index contributed by atoms with van der Waals surface area (Å²) in [6.07, 6.45) is 6.23. The summed E-state index contributed by atoms with van der Waals surface area (Å²) in [6, 6.07) is 10.5. The lowest BCUT2D eigenvalue weighted by molar-refractivity contribution is 0.131. The van der Waals surface area contributed by atoms with Crippen LogP contribution in [-0.2, 0) is 13.6 Å². The fourth-order valence-corrected chi connectivity index (χ4v) is 3.85. The topological polar surface area (TPSA) is 70.4 Å². The highest BCUT2D eigenvalue weighted by molar-refractivity contribution is 5.79. The molecule has 0 aliphatic heterocycles. The van der Waals surface area contributed by atoms with Gasteiger partial charge in [0.15, 0.2) is 11.8 Å². The molecule has 1 fully saturated rings. The number of benzene rings is 1. The number of rotatable bonds is 10. The first kappa shape index (κ1) is 22.1. The Morgan fingerprint density at radius 3 is 2.57 bits per heavy atom. The summed E-state index contributed by atoms with van der Waals surface area (Å²) in [5.74, 6) is 2.66. The van der Waals surface area contributed by atoms with E-state index in [-0.39, 0.29) is 0 Å². The van der Waals surface area contributed by atoms with Crippen LogP contribution in [0.5, 0.6) is 0 Å². The highest BCUT2D eigenvalue weighted by atomic mass is 15.3. The van der Waals surface area contributed by atoms with Crippen LogP contribution in [0.4, 0.5) is 5.69 Å². The van der Waals surface area contributed by atoms with E-state index in [1.54, 1.807) is 0 Å². The van der Waals surface area contributed by atoms with Crippen molar-refractivity contribution >= 4 is 11.6 Å². The van der Waals surface area contributed by atoms with Gasteiger partial charge in [0, 0.05) is 39.4 Å². The number of guanidine groups is 1. The van der Waals surface area contributed by atoms with Gasteiger partial charge in [0.05, 0.1) is 0 Å². The number of aromatic nitrogens is 3. The third kappa shape index (κ3) is 5.74. The molecular weight excluding hydrogens is 374 g/mol. The summed E-state index contributed by atoms with van der Waals surface area (Å²) in [6.45, 7) is 7.63. The van der Waals surface area contributed by atoms with E-state index in [1.807, 2.05) is 18.5 Å². The summed E-state index contributed by atoms with van der Waals surface area (Å²) >= 11 is 0. The van der Waals surface area contributed by atoms with E-state index in [1.165, 1.54) is 31.4 Å². The standard InChI is InChI=1S/C23H37N7/c1-5-23(13-9-14-23)18-26-22(25-17-21-28-27-19(2)30(21)4)24-15-10-16-29(3)20-11-7-6-8-12-20/h6-8,11-12H,5,9-10,13-18H2,1-4H3,(H2,24,25,26). The fourth-order valence-electron chi connectivity index (χ4n) is 3.85. The van der Waals surface area contributed by atoms with Gasteiger partial charge in [0.2, 0.25) is 0 Å². The number of nitrogens with zero attached hydrogens (tertiary/aromatic N) is 5. The molecule has 1 aliphatic carbocycles. The van der Waals surface area contributed by atoms with Crippen molar-refractivity contribution in [1.29, 1.82) is 0 Å². The van der Waals surface area contributed by atoms with E-state index >= 15 is 0 Å². The van der Waals surface area contributed by atoms with Crippen LogP contribution in [0.1, 0.15) is 50.7 Å². The first-order chi connectivity index (χ1) is 14.5. The van der Waals surface area contributed by atoms with Crippen molar-refractivity contribution in [3.05, 3.63) is 42.0 Å². The number of aryl methyl sites for hydroxylation is 1. The first-order valence-electron chi connectivity index (χ1n) is 11.2. The molecule has 1 aliphatic rings. The Labute approximate surface area is 181 Å². The Morgan fingerprint density at radius 2 is 1.97 bits per heavy atom. The van der Waals surface area contributed by atoms with Gasteiger partial charge in [0.25, 0.3) is 0 Å². The average molecular weight is 412 g/mol. The zero-order valence-corrected chi connectivity index (χ0v) is 19.0. The molecular formula is C23H37N7. The lowest BCUT2D eigenvalue weighted by Gasteiger charge is -2.41. The van der Waals surface area contributed by atoms with Crippen molar-refractivity contribution in [2.45, 2.75) is 52.5 Å². The Morgan fingerprint density at radius 1 is 1.20 bits per heavy atom. The minimum atomic E-state index is 0.442. The number of hydrogen-bond acceptors (Lipinski definition) is 4. The molecule has 7 nitrogen and oxygen atoms in total. The van der Waals surface area contributed by atoms with E-state index in [2.05, 4.69) is 70.0 Å². The van der Waals surface area contributed by atoms with E-state index < -0.39 is 0 Å². The molecule has 0 bridgehead atoms. The summed E-state index contributed by atoms with van der Waals surface area (Å²) in [5, 5.41) is 15.5. The molecule has 0 spiro atoms. The van der Waals surface area contributed by atoms with Crippen LogP contribution >= 0.6 is 0 Å². The molecule has 0 amide bonds. The molecule has 7 heteroatoms. The van der Waals surface area contributed by atoms with Crippen molar-refractivity contribution < 1.29 is 0 Å². The predicted molar refractivity (Wildman–Crippen MR) is 124 cm³/mol. The number of anilines is 1. The minimum absolute atomic E-state index is 0.442. The van der Waals surface area contributed by atoms with Gasteiger partial charge >= 0.3 is 0 Å². The van der Waals surface area contributed by atoms with Gasteiger partial charge in [-0.05, 0) is 50.2 Å². The molecule has 0 radical (unpaired) electrons. The highest BCUT2D eigenvalue weighted by Gasteiger charge is 2.34. The predicted octanol–water partition coefficient (Wildman–Crippen LogP) is 3.27. The molecule has 0 saturated heterocycles. The summed E-state index contributed by atoms with van der Waals surface area (Å²) in [4.78, 5) is 7.08. The van der Waals surface area contributed by atoms with E-state index in [9.17, 15) is 0 Å². The molecule has 1 aromatic heterocycles. The van der Waals surface area contributed by atoms with Crippen molar-refractivity contribution in [1.82, 2.24) is 25.4 Å². The molecule has 3 rings (SSSR count). The normalized spacial score (nSPS) is 15.5. The van der Waals surface area contributed by atoms with Gasteiger partial charge in [-0.25, -0.2) is 4.99 Å². The van der Waals surface area contributed by atoms with Crippen LogP contribution < -0.4 is 15.5 Å². The SMILES string of the molecule is CCC1(CNC(=NCc2nnc(C)n2C)NCCCN(C)c2ccccc2)CCC1. The minimum Gasteiger partial charge on any atom is -0.375 e. The van der Waals surface area contributed by atoms with Crippen LogP contribution in [0.25, 0.3) is 0 Å². The van der Waals surface area contributed by atoms with Crippen molar-refractivity contribution in [3.63, 3.8) is 0 Å². The van der Waals surface area contributed by atoms with Gasteiger partial charge in [-0.15, -0.1) is 10.2 Å². The molecule has 30 heavy (non-hydrogen) atoms. The second kappa shape index (κ2) is 10.5. The Bertz CT molecular complexity index is 803. The second-order valence-corrected chi connectivity index (χ2v) is 8.49. The van der Waals surface area contributed by atoms with Crippen molar-refractivity contribution in [2.24, 2.45) is 17.5 Å². The Balaban J connectivity index is 1.53. The van der Waals surface area contributed by atoms with Gasteiger partial charge < -0.3 is 20.1 Å². The van der Waals surface area contributed by atoms with E-state index in [4.69, 9.17) is 4.99 Å². The largest absolute Gasteiger partial charge is 0.375 e. The zero-order chi connectivity index (χ0) is 21.4. The van der Waals surface area contributed by atoms with Crippen LogP contribution in [-0.4, -0.2) is 47.4 Å². The highest BCUT2D eigenvalue weighted by Crippen LogP contribution is 2.42. The zero-order valence-electron chi connectivity index (χ0n) is 19.0. The maximum atomic E-state index is 4.80. The Kier molecular flexibility index (Phi) is 7.71. The number of hydrogen-bond donors (Lipinski definition) is 2. The number of aliphatic imine (C=N–C) groups is 1. The maximum Gasteiger partial charge on any atom is 0.191 e. The van der Waals surface area contributed by atoms with E-state index in [0.29, 0.717) is 12.0 Å². The molecule has 2 aromatic rings. The second-order valence-electron chi connectivity index (χ2n) is 8.49. The molecule has 1 heterocycles. The lowest BCUT2D eigenvalue weighted by atomic mass is 9.67. The van der Waals surface area contributed by atoms with Crippen LogP contribution in [0.3, 0.4) is 0 Å². The maximum absolute atomic E-state index is 4.80. The fraction of sp³-hybridized carbons (Fsp3) is 0.609. The molecule has 2 N–H and O–H groups in total. The van der Waals surface area contributed by atoms with Gasteiger partial charge in [-0.1, -0.05) is 31.5 Å². The summed E-state index contributed by atoms with van der Waals surface area (Å²) in [5.41, 5.74) is 1.69. The average Bonchev–Trinajstić information content (AvgIpc) is 3.06. The lowest BCUT2D eigenvalue weighted by Crippen LogP contribution is -2.46. The van der Waals surface area contributed by atoms with E-state index in [0.717, 1.165) is 43.7 Å². The van der Waals surface area contributed by atoms with Crippen LogP contribution in [0.2, 0.25) is 0 Å². The summed E-state index contributed by atoms with van der Waals surface area (Å²) < 4.78 is 2.00. The molecule has 164 valence electrons. The van der Waals surface area contributed by atoms with Gasteiger partial charge in [0.1, 0.15) is 12.4 Å². The van der Waals surface area contributed by atoms with Crippen LogP contribution in [0, 0.1) is 12.3 Å². The monoisotopic (exact) mass is 411 g/mol. The number of nitrogens with one attached hydrogen (secondary N) is 2. The van der Waals surface area contributed by atoms with Crippen molar-refractivity contribution in [2.75, 3.05) is 31.6 Å². The summed E-state index contributed by atoms with van der Waals surface area (Å²) in [7, 11) is 4.13. The molecule has 0 unspecified atom stereocenters. The smallest absolute Gasteiger partial charge is 0.191 e.